The standard InChI is InChI=1S/C25H17ClN8O/c26-25-28-9-10-34(25)24(35)21-11-16-1-2-17(12-20(16)32-21)23-27-8-7-22(33-23)31-19-5-3-15(4-6-19)18-13-29-30-14-18/h1-14,32H,(H,29,30)(H,27,31,33). The zero-order chi connectivity index (χ0) is 23.8. The number of rotatable bonds is 5. The first-order chi connectivity index (χ1) is 17.1. The number of carbonyl (C=O) groups is 1. The molecule has 0 spiro atoms. The molecular weight excluding hydrogens is 464 g/mol. The first-order valence-electron chi connectivity index (χ1n) is 10.7. The van der Waals surface area contributed by atoms with Crippen molar-refractivity contribution in [1.29, 1.82) is 0 Å². The molecule has 0 radical (unpaired) electrons. The minimum atomic E-state index is -0.286. The molecule has 0 saturated heterocycles. The van der Waals surface area contributed by atoms with Crippen LogP contribution >= 0.6 is 11.6 Å². The van der Waals surface area contributed by atoms with Crippen LogP contribution in [0.3, 0.4) is 0 Å². The van der Waals surface area contributed by atoms with Crippen molar-refractivity contribution in [3.05, 3.63) is 96.6 Å². The third-order valence-corrected chi connectivity index (χ3v) is 5.85. The normalized spacial score (nSPS) is 11.1. The highest BCUT2D eigenvalue weighted by atomic mass is 35.5. The lowest BCUT2D eigenvalue weighted by Gasteiger charge is -2.08. The highest BCUT2D eigenvalue weighted by molar-refractivity contribution is 6.29. The number of anilines is 2. The number of carbonyl (C=O) groups excluding carboxylic acids is 1. The van der Waals surface area contributed by atoms with Gasteiger partial charge in [0.1, 0.15) is 11.5 Å². The van der Waals surface area contributed by atoms with Crippen LogP contribution in [0, 0.1) is 0 Å². The van der Waals surface area contributed by atoms with Crippen LogP contribution in [0.25, 0.3) is 33.4 Å². The van der Waals surface area contributed by atoms with Crippen LogP contribution in [0.15, 0.2) is 85.6 Å². The maximum Gasteiger partial charge on any atom is 0.280 e. The van der Waals surface area contributed by atoms with Crippen LogP contribution in [-0.4, -0.2) is 40.6 Å². The molecule has 6 aromatic rings. The van der Waals surface area contributed by atoms with E-state index in [9.17, 15) is 4.79 Å². The average molecular weight is 481 g/mol. The van der Waals surface area contributed by atoms with E-state index >= 15 is 0 Å². The van der Waals surface area contributed by atoms with E-state index in [1.807, 2.05) is 54.7 Å². The van der Waals surface area contributed by atoms with Crippen LogP contribution in [-0.2, 0) is 0 Å². The lowest BCUT2D eigenvalue weighted by molar-refractivity contribution is 0.0956. The summed E-state index contributed by atoms with van der Waals surface area (Å²) in [5.41, 5.74) is 5.02. The lowest BCUT2D eigenvalue weighted by Crippen LogP contribution is -2.11. The molecule has 4 aromatic heterocycles. The molecule has 0 atom stereocenters. The molecule has 0 unspecified atom stereocenters. The fourth-order valence-electron chi connectivity index (χ4n) is 3.82. The molecule has 0 saturated carbocycles. The topological polar surface area (TPSA) is 117 Å². The Labute approximate surface area is 203 Å². The van der Waals surface area contributed by atoms with E-state index in [-0.39, 0.29) is 11.2 Å². The Balaban J connectivity index is 1.25. The van der Waals surface area contributed by atoms with E-state index in [4.69, 9.17) is 11.6 Å². The average Bonchev–Trinajstić information content (AvgIpc) is 3.65. The van der Waals surface area contributed by atoms with E-state index in [1.165, 1.54) is 17.0 Å². The zero-order valence-corrected chi connectivity index (χ0v) is 18.9. The van der Waals surface area contributed by atoms with Crippen molar-refractivity contribution in [3.8, 4) is 22.5 Å². The van der Waals surface area contributed by atoms with Gasteiger partial charge in [-0.15, -0.1) is 0 Å². The molecule has 0 aliphatic carbocycles. The first kappa shape index (κ1) is 20.8. The molecule has 4 heterocycles. The Hall–Kier alpha value is -4.76. The number of aromatic nitrogens is 7. The van der Waals surface area contributed by atoms with Gasteiger partial charge in [0.05, 0.1) is 6.20 Å². The van der Waals surface area contributed by atoms with E-state index in [0.717, 1.165) is 33.3 Å². The number of imidazole rings is 1. The van der Waals surface area contributed by atoms with Gasteiger partial charge in [0.15, 0.2) is 5.82 Å². The number of hydrogen-bond donors (Lipinski definition) is 3. The van der Waals surface area contributed by atoms with Gasteiger partial charge >= 0.3 is 0 Å². The van der Waals surface area contributed by atoms with Crippen LogP contribution in [0.1, 0.15) is 10.5 Å². The van der Waals surface area contributed by atoms with Gasteiger partial charge in [-0.05, 0) is 47.5 Å². The first-order valence-corrected chi connectivity index (χ1v) is 11.1. The second-order valence-corrected chi connectivity index (χ2v) is 8.15. The summed E-state index contributed by atoms with van der Waals surface area (Å²) in [6.07, 6.45) is 8.35. The third kappa shape index (κ3) is 4.04. The Kier molecular flexibility index (Phi) is 5.08. The summed E-state index contributed by atoms with van der Waals surface area (Å²) in [5.74, 6) is 0.946. The maximum absolute atomic E-state index is 12.7. The Bertz CT molecular complexity index is 1650. The van der Waals surface area contributed by atoms with Crippen molar-refractivity contribution < 1.29 is 4.79 Å². The molecule has 6 rings (SSSR count). The van der Waals surface area contributed by atoms with E-state index < -0.39 is 0 Å². The Morgan fingerprint density at radius 1 is 0.943 bits per heavy atom. The monoisotopic (exact) mass is 480 g/mol. The number of aromatic amines is 2. The van der Waals surface area contributed by atoms with Crippen molar-refractivity contribution >= 4 is 39.9 Å². The Morgan fingerprint density at radius 3 is 2.57 bits per heavy atom. The molecule has 9 nitrogen and oxygen atoms in total. The number of nitrogens with one attached hydrogen (secondary N) is 3. The summed E-state index contributed by atoms with van der Waals surface area (Å²) in [6.45, 7) is 0. The molecule has 3 N–H and O–H groups in total. The molecule has 0 fully saturated rings. The van der Waals surface area contributed by atoms with E-state index in [0.29, 0.717) is 17.3 Å². The predicted molar refractivity (Wildman–Crippen MR) is 134 cm³/mol. The summed E-state index contributed by atoms with van der Waals surface area (Å²) >= 11 is 5.98. The minimum Gasteiger partial charge on any atom is -0.350 e. The van der Waals surface area contributed by atoms with Crippen molar-refractivity contribution in [1.82, 2.24) is 34.7 Å². The SMILES string of the molecule is O=C(c1cc2ccc(-c3nccc(Nc4ccc(-c5cn[nH]c5)cc4)n3)cc2[nH]1)n1ccnc1Cl. The molecule has 0 amide bonds. The maximum atomic E-state index is 12.7. The number of benzene rings is 2. The van der Waals surface area contributed by atoms with Crippen molar-refractivity contribution in [2.45, 2.75) is 0 Å². The molecule has 0 bridgehead atoms. The van der Waals surface area contributed by atoms with Gasteiger partial charge < -0.3 is 10.3 Å². The molecule has 35 heavy (non-hydrogen) atoms. The van der Waals surface area contributed by atoms with Crippen LogP contribution in [0.2, 0.25) is 5.28 Å². The van der Waals surface area contributed by atoms with Crippen molar-refractivity contribution in [2.75, 3.05) is 5.32 Å². The molecule has 2 aromatic carbocycles. The van der Waals surface area contributed by atoms with Gasteiger partial charge in [0.25, 0.3) is 5.91 Å². The summed E-state index contributed by atoms with van der Waals surface area (Å²) in [4.78, 5) is 28.9. The zero-order valence-electron chi connectivity index (χ0n) is 18.1. The Morgan fingerprint density at radius 2 is 1.80 bits per heavy atom. The highest BCUT2D eigenvalue weighted by Crippen LogP contribution is 2.26. The molecule has 10 heteroatoms. The molecular formula is C25H17ClN8O. The summed E-state index contributed by atoms with van der Waals surface area (Å²) in [6, 6.07) is 17.4. The highest BCUT2D eigenvalue weighted by Gasteiger charge is 2.15. The van der Waals surface area contributed by atoms with Gasteiger partial charge in [-0.1, -0.05) is 24.3 Å². The second-order valence-electron chi connectivity index (χ2n) is 7.81. The number of hydrogen-bond acceptors (Lipinski definition) is 6. The van der Waals surface area contributed by atoms with E-state index in [2.05, 4.69) is 35.5 Å². The third-order valence-electron chi connectivity index (χ3n) is 5.57. The fraction of sp³-hybridized carbons (Fsp3) is 0. The van der Waals surface area contributed by atoms with Crippen LogP contribution in [0.4, 0.5) is 11.5 Å². The molecule has 0 aliphatic heterocycles. The summed E-state index contributed by atoms with van der Waals surface area (Å²) in [7, 11) is 0. The van der Waals surface area contributed by atoms with Crippen molar-refractivity contribution in [2.24, 2.45) is 0 Å². The van der Waals surface area contributed by atoms with Crippen LogP contribution in [0.5, 0.6) is 0 Å². The predicted octanol–water partition coefficient (Wildman–Crippen LogP) is 5.30. The lowest BCUT2D eigenvalue weighted by atomic mass is 10.1. The smallest absolute Gasteiger partial charge is 0.280 e. The summed E-state index contributed by atoms with van der Waals surface area (Å²) in [5, 5.41) is 11.1. The minimum absolute atomic E-state index is 0.114. The molecule has 170 valence electrons. The largest absolute Gasteiger partial charge is 0.350 e. The quantitative estimate of drug-likeness (QED) is 0.308. The van der Waals surface area contributed by atoms with E-state index in [1.54, 1.807) is 18.5 Å². The molecule has 0 aliphatic rings. The number of halogens is 1. The van der Waals surface area contributed by atoms with Gasteiger partial charge in [0, 0.05) is 52.5 Å². The number of H-pyrrole nitrogens is 2. The van der Waals surface area contributed by atoms with Crippen LogP contribution < -0.4 is 5.32 Å². The summed E-state index contributed by atoms with van der Waals surface area (Å²) < 4.78 is 1.28. The number of fused-ring (bicyclic) bond motifs is 1. The number of nitrogens with zero attached hydrogens (tertiary/aromatic N) is 5. The van der Waals surface area contributed by atoms with Gasteiger partial charge in [-0.3, -0.25) is 14.5 Å². The van der Waals surface area contributed by atoms with Gasteiger partial charge in [-0.25, -0.2) is 15.0 Å². The van der Waals surface area contributed by atoms with Crippen molar-refractivity contribution in [3.63, 3.8) is 0 Å². The van der Waals surface area contributed by atoms with Gasteiger partial charge in [-0.2, -0.15) is 5.10 Å². The van der Waals surface area contributed by atoms with Gasteiger partial charge in [0.2, 0.25) is 5.28 Å². The fourth-order valence-corrected chi connectivity index (χ4v) is 4.01. The second kappa shape index (κ2) is 8.54.